The number of aryl methyl sites for hydroxylation is 2. The zero-order valence-electron chi connectivity index (χ0n) is 10.7. The fourth-order valence-electron chi connectivity index (χ4n) is 1.65. The Morgan fingerprint density at radius 1 is 1.31 bits per heavy atom. The SMILES string of the molecule is C[I-]c1cc(C)c(C)cc1CC(C)C(C)=O. The van der Waals surface area contributed by atoms with Crippen molar-refractivity contribution in [2.24, 2.45) is 5.92 Å². The van der Waals surface area contributed by atoms with Gasteiger partial charge in [-0.25, -0.2) is 0 Å². The molecule has 0 aromatic heterocycles. The zero-order valence-corrected chi connectivity index (χ0v) is 12.9. The zero-order chi connectivity index (χ0) is 12.3. The first-order chi connectivity index (χ1) is 7.45. The fourth-order valence-corrected chi connectivity index (χ4v) is 3.49. The van der Waals surface area contributed by atoms with Crippen LogP contribution < -0.4 is 21.2 Å². The summed E-state index contributed by atoms with van der Waals surface area (Å²) in [7, 11) is 0. The third kappa shape index (κ3) is 3.30. The van der Waals surface area contributed by atoms with E-state index in [0.717, 1.165) is 6.42 Å². The van der Waals surface area contributed by atoms with Crippen LogP contribution in [0.5, 0.6) is 0 Å². The number of hydrogen-bond donors (Lipinski definition) is 0. The third-order valence-electron chi connectivity index (χ3n) is 3.09. The molecule has 1 rings (SSSR count). The van der Waals surface area contributed by atoms with E-state index in [1.54, 1.807) is 6.92 Å². The van der Waals surface area contributed by atoms with E-state index in [-0.39, 0.29) is 27.1 Å². The van der Waals surface area contributed by atoms with Crippen LogP contribution in [0.4, 0.5) is 0 Å². The second kappa shape index (κ2) is 5.80. The Hall–Kier alpha value is -0.380. The monoisotopic (exact) mass is 331 g/mol. The predicted octanol–water partition coefficient (Wildman–Crippen LogP) is -0.0406. The van der Waals surface area contributed by atoms with Crippen LogP contribution in [0.3, 0.4) is 0 Å². The van der Waals surface area contributed by atoms with Gasteiger partial charge >= 0.3 is 109 Å². The number of halogens is 1. The van der Waals surface area contributed by atoms with Crippen molar-refractivity contribution in [3.05, 3.63) is 32.4 Å². The van der Waals surface area contributed by atoms with Crippen molar-refractivity contribution in [2.75, 3.05) is 4.93 Å². The molecule has 0 amide bonds. The number of ketones is 1. The number of alkyl halides is 1. The Morgan fingerprint density at radius 3 is 2.38 bits per heavy atom. The number of Topliss-reactive ketones (excluding diaryl/α,β-unsaturated/α-hetero) is 1. The molecule has 0 aliphatic carbocycles. The number of carbonyl (C=O) groups is 1. The van der Waals surface area contributed by atoms with Crippen LogP contribution in [0.25, 0.3) is 0 Å². The molecule has 0 aliphatic rings. The molecule has 0 N–H and O–H groups in total. The summed E-state index contributed by atoms with van der Waals surface area (Å²) in [5.41, 5.74) is 4.10. The molecule has 90 valence electrons. The Balaban J connectivity index is 3.03. The molecule has 0 saturated carbocycles. The van der Waals surface area contributed by atoms with Gasteiger partial charge in [0.2, 0.25) is 0 Å². The van der Waals surface area contributed by atoms with Gasteiger partial charge in [0.1, 0.15) is 0 Å². The Labute approximate surface area is 109 Å². The molecular formula is C14H20IO-. The summed E-state index contributed by atoms with van der Waals surface area (Å²) < 4.78 is 1.50. The molecule has 1 unspecified atom stereocenters. The average molecular weight is 331 g/mol. The number of hydrogen-bond acceptors (Lipinski definition) is 1. The first-order valence-electron chi connectivity index (χ1n) is 5.55. The summed E-state index contributed by atoms with van der Waals surface area (Å²) in [5.74, 6) is 0.440. The van der Waals surface area contributed by atoms with Crippen LogP contribution in [-0.4, -0.2) is 10.7 Å². The van der Waals surface area contributed by atoms with E-state index in [9.17, 15) is 4.79 Å². The fraction of sp³-hybridized carbons (Fsp3) is 0.500. The van der Waals surface area contributed by atoms with Crippen molar-refractivity contribution < 1.29 is 26.0 Å². The van der Waals surface area contributed by atoms with Gasteiger partial charge in [0.15, 0.2) is 0 Å². The van der Waals surface area contributed by atoms with Gasteiger partial charge in [-0.1, -0.05) is 0 Å². The number of rotatable bonds is 4. The van der Waals surface area contributed by atoms with Gasteiger partial charge < -0.3 is 0 Å². The molecule has 2 heteroatoms. The molecule has 0 spiro atoms. The molecule has 0 fully saturated rings. The maximum atomic E-state index is 11.3. The molecule has 1 nitrogen and oxygen atoms in total. The van der Waals surface area contributed by atoms with Crippen LogP contribution in [0.15, 0.2) is 12.1 Å². The van der Waals surface area contributed by atoms with Crippen molar-refractivity contribution >= 4 is 5.78 Å². The molecule has 0 saturated heterocycles. The molecule has 0 radical (unpaired) electrons. The van der Waals surface area contributed by atoms with Crippen molar-refractivity contribution in [1.82, 2.24) is 0 Å². The first-order valence-corrected chi connectivity index (χ1v) is 8.79. The number of carbonyl (C=O) groups excluding carboxylic acids is 1. The molecule has 0 bridgehead atoms. The van der Waals surface area contributed by atoms with Crippen LogP contribution in [0.1, 0.15) is 30.5 Å². The first kappa shape index (κ1) is 13.7. The van der Waals surface area contributed by atoms with E-state index in [4.69, 9.17) is 0 Å². The summed E-state index contributed by atoms with van der Waals surface area (Å²) in [6.45, 7) is 8.02. The van der Waals surface area contributed by atoms with Crippen molar-refractivity contribution in [2.45, 2.75) is 34.1 Å². The van der Waals surface area contributed by atoms with Crippen LogP contribution >= 0.6 is 0 Å². The molecule has 1 aromatic rings. The van der Waals surface area contributed by atoms with Crippen molar-refractivity contribution in [3.63, 3.8) is 0 Å². The minimum atomic E-state index is 0.0950. The minimum absolute atomic E-state index is 0.0950. The Bertz CT molecular complexity index is 396. The van der Waals surface area contributed by atoms with Crippen LogP contribution in [0.2, 0.25) is 0 Å². The average Bonchev–Trinajstić information content (AvgIpc) is 2.22. The standard InChI is InChI=1S/C14H20IO/c1-9-6-13(7-11(3)12(4)16)14(15-5)8-10(9)2/h6,8,11H,7H2,1-5H3/q-1. The van der Waals surface area contributed by atoms with Crippen molar-refractivity contribution in [1.29, 1.82) is 0 Å². The van der Waals surface area contributed by atoms with Gasteiger partial charge in [-0.2, -0.15) is 0 Å². The summed E-state index contributed by atoms with van der Waals surface area (Å²) >= 11 is 0.0950. The van der Waals surface area contributed by atoms with Gasteiger partial charge in [-0.15, -0.1) is 0 Å². The van der Waals surface area contributed by atoms with E-state index in [1.165, 1.54) is 20.3 Å². The molecular weight excluding hydrogens is 311 g/mol. The summed E-state index contributed by atoms with van der Waals surface area (Å²) in [6.07, 6.45) is 0.902. The van der Waals surface area contributed by atoms with Gasteiger partial charge in [-0.3, -0.25) is 0 Å². The van der Waals surface area contributed by atoms with Crippen molar-refractivity contribution in [3.8, 4) is 0 Å². The van der Waals surface area contributed by atoms with E-state index in [0.29, 0.717) is 5.78 Å². The quantitative estimate of drug-likeness (QED) is 0.559. The van der Waals surface area contributed by atoms with Crippen LogP contribution in [-0.2, 0) is 11.2 Å². The molecule has 1 atom stereocenters. The normalized spacial score (nSPS) is 12.8. The van der Waals surface area contributed by atoms with Gasteiger partial charge in [0, 0.05) is 0 Å². The van der Waals surface area contributed by atoms with E-state index >= 15 is 0 Å². The molecule has 16 heavy (non-hydrogen) atoms. The van der Waals surface area contributed by atoms with Crippen LogP contribution in [0, 0.1) is 23.3 Å². The Kier molecular flexibility index (Phi) is 4.96. The van der Waals surface area contributed by atoms with E-state index < -0.39 is 0 Å². The summed E-state index contributed by atoms with van der Waals surface area (Å²) in [4.78, 5) is 13.6. The van der Waals surface area contributed by atoms with E-state index in [2.05, 4.69) is 30.9 Å². The third-order valence-corrected chi connectivity index (χ3v) is 5.25. The molecule has 0 heterocycles. The second-order valence-corrected chi connectivity index (χ2v) is 6.67. The van der Waals surface area contributed by atoms with Gasteiger partial charge in [-0.05, 0) is 0 Å². The number of benzene rings is 1. The topological polar surface area (TPSA) is 17.1 Å². The van der Waals surface area contributed by atoms with E-state index in [1.807, 2.05) is 6.92 Å². The van der Waals surface area contributed by atoms with Gasteiger partial charge in [0.05, 0.1) is 0 Å². The second-order valence-electron chi connectivity index (χ2n) is 4.43. The van der Waals surface area contributed by atoms with Gasteiger partial charge in [0.25, 0.3) is 0 Å². The predicted molar refractivity (Wildman–Crippen MR) is 64.1 cm³/mol. The maximum absolute atomic E-state index is 11.3. The molecule has 0 aliphatic heterocycles. The summed E-state index contributed by atoms with van der Waals surface area (Å²) in [6, 6.07) is 4.58. The summed E-state index contributed by atoms with van der Waals surface area (Å²) in [5, 5.41) is 0. The Morgan fingerprint density at radius 2 is 1.88 bits per heavy atom. The molecule has 1 aromatic carbocycles.